The maximum atomic E-state index is 12.1. The number of hydrogen-bond donors (Lipinski definition) is 1. The van der Waals surface area contributed by atoms with Gasteiger partial charge in [-0.1, -0.05) is 17.7 Å². The third kappa shape index (κ3) is 4.49. The second-order valence-electron chi connectivity index (χ2n) is 6.18. The summed E-state index contributed by atoms with van der Waals surface area (Å²) in [4.78, 5) is 37.8. The van der Waals surface area contributed by atoms with Gasteiger partial charge in [0.05, 0.1) is 0 Å². The molecule has 5 nitrogen and oxygen atoms in total. The predicted molar refractivity (Wildman–Crippen MR) is 102 cm³/mol. The van der Waals surface area contributed by atoms with Crippen molar-refractivity contribution in [3.05, 3.63) is 59.1 Å². The molecule has 6 heteroatoms. The minimum atomic E-state index is -0.239. The van der Waals surface area contributed by atoms with Gasteiger partial charge in [-0.3, -0.25) is 14.4 Å². The molecule has 0 aliphatic carbocycles. The second kappa shape index (κ2) is 8.15. The molecular weight excluding hydrogens is 352 g/mol. The molecule has 0 spiro atoms. The molecule has 1 aliphatic rings. The normalized spacial score (nSPS) is 13.7. The first-order valence-corrected chi connectivity index (χ1v) is 8.90. The van der Waals surface area contributed by atoms with E-state index in [1.807, 2.05) is 6.07 Å². The highest BCUT2D eigenvalue weighted by molar-refractivity contribution is 6.30. The summed E-state index contributed by atoms with van der Waals surface area (Å²) in [5.41, 5.74) is 1.94. The molecule has 1 fully saturated rings. The van der Waals surface area contributed by atoms with Gasteiger partial charge in [-0.2, -0.15) is 0 Å². The largest absolute Gasteiger partial charge is 0.326 e. The van der Waals surface area contributed by atoms with Crippen molar-refractivity contribution in [2.24, 2.45) is 0 Å². The van der Waals surface area contributed by atoms with Gasteiger partial charge in [0.1, 0.15) is 0 Å². The van der Waals surface area contributed by atoms with Crippen molar-refractivity contribution in [2.45, 2.75) is 25.7 Å². The molecule has 1 N–H and O–H groups in total. The van der Waals surface area contributed by atoms with E-state index >= 15 is 0 Å². The summed E-state index contributed by atoms with van der Waals surface area (Å²) >= 11 is 5.80. The lowest BCUT2D eigenvalue weighted by Crippen LogP contribution is -2.23. The zero-order valence-corrected chi connectivity index (χ0v) is 15.0. The van der Waals surface area contributed by atoms with Gasteiger partial charge >= 0.3 is 0 Å². The standard InChI is InChI=1S/C20H19ClN2O3/c21-15-8-6-14(7-9-15)18(24)10-11-19(25)22-16-3-1-4-17(13-16)23-12-2-5-20(23)26/h1,3-4,6-9,13H,2,5,10-12H2,(H,22,25). The maximum absolute atomic E-state index is 12.1. The lowest BCUT2D eigenvalue weighted by Gasteiger charge is -2.16. The fourth-order valence-corrected chi connectivity index (χ4v) is 3.03. The molecule has 0 saturated carbocycles. The predicted octanol–water partition coefficient (Wildman–Crippen LogP) is 4.07. The molecule has 0 bridgehead atoms. The van der Waals surface area contributed by atoms with Crippen molar-refractivity contribution in [3.63, 3.8) is 0 Å². The Balaban J connectivity index is 1.55. The molecule has 1 heterocycles. The number of nitrogens with zero attached hydrogens (tertiary/aromatic N) is 1. The number of hydrogen-bond acceptors (Lipinski definition) is 3. The molecule has 1 saturated heterocycles. The number of Topliss-reactive ketones (excluding diaryl/α,β-unsaturated/α-hetero) is 1. The minimum Gasteiger partial charge on any atom is -0.326 e. The number of carbonyl (C=O) groups is 3. The zero-order chi connectivity index (χ0) is 18.5. The van der Waals surface area contributed by atoms with E-state index in [9.17, 15) is 14.4 Å². The summed E-state index contributed by atoms with van der Waals surface area (Å²) in [6.45, 7) is 0.700. The van der Waals surface area contributed by atoms with Gasteiger partial charge in [-0.15, -0.1) is 0 Å². The van der Waals surface area contributed by atoms with E-state index in [-0.39, 0.29) is 30.4 Å². The molecule has 0 aromatic heterocycles. The monoisotopic (exact) mass is 370 g/mol. The van der Waals surface area contributed by atoms with Crippen LogP contribution in [0.2, 0.25) is 5.02 Å². The van der Waals surface area contributed by atoms with Gasteiger partial charge in [-0.05, 0) is 48.9 Å². The van der Waals surface area contributed by atoms with Gasteiger partial charge in [0, 0.05) is 47.8 Å². The average Bonchev–Trinajstić information content (AvgIpc) is 3.06. The maximum Gasteiger partial charge on any atom is 0.227 e. The Bertz CT molecular complexity index is 833. The molecular formula is C20H19ClN2O3. The third-order valence-corrected chi connectivity index (χ3v) is 4.51. The number of benzene rings is 2. The number of ketones is 1. The fraction of sp³-hybridized carbons (Fsp3) is 0.250. The van der Waals surface area contributed by atoms with Crippen molar-refractivity contribution in [1.29, 1.82) is 0 Å². The minimum absolute atomic E-state index is 0.0916. The van der Waals surface area contributed by atoms with E-state index < -0.39 is 0 Å². The van der Waals surface area contributed by atoms with E-state index in [0.29, 0.717) is 29.2 Å². The molecule has 2 amide bonds. The summed E-state index contributed by atoms with van der Waals surface area (Å²) in [5, 5.41) is 3.35. The summed E-state index contributed by atoms with van der Waals surface area (Å²) in [6, 6.07) is 13.8. The molecule has 0 atom stereocenters. The van der Waals surface area contributed by atoms with Gasteiger partial charge in [0.25, 0.3) is 0 Å². The molecule has 0 unspecified atom stereocenters. The van der Waals surface area contributed by atoms with Crippen LogP contribution in [0.25, 0.3) is 0 Å². The number of rotatable bonds is 6. The Kier molecular flexibility index (Phi) is 5.68. The highest BCUT2D eigenvalue weighted by Crippen LogP contribution is 2.24. The first-order valence-electron chi connectivity index (χ1n) is 8.52. The van der Waals surface area contributed by atoms with Crippen LogP contribution in [-0.4, -0.2) is 24.1 Å². The second-order valence-corrected chi connectivity index (χ2v) is 6.61. The van der Waals surface area contributed by atoms with Crippen molar-refractivity contribution < 1.29 is 14.4 Å². The van der Waals surface area contributed by atoms with Crippen molar-refractivity contribution in [2.75, 3.05) is 16.8 Å². The lowest BCUT2D eigenvalue weighted by atomic mass is 10.1. The summed E-state index contributed by atoms with van der Waals surface area (Å²) in [5.74, 6) is -0.243. The molecule has 1 aliphatic heterocycles. The smallest absolute Gasteiger partial charge is 0.227 e. The number of anilines is 2. The SMILES string of the molecule is O=C(CCC(=O)c1ccc(Cl)cc1)Nc1cccc(N2CCCC2=O)c1. The molecule has 3 rings (SSSR count). The van der Waals surface area contributed by atoms with E-state index in [1.54, 1.807) is 47.4 Å². The van der Waals surface area contributed by atoms with Crippen LogP contribution < -0.4 is 10.2 Å². The van der Waals surface area contributed by atoms with Crippen LogP contribution in [0.15, 0.2) is 48.5 Å². The Hall–Kier alpha value is -2.66. The highest BCUT2D eigenvalue weighted by Gasteiger charge is 2.21. The lowest BCUT2D eigenvalue weighted by molar-refractivity contribution is -0.117. The van der Waals surface area contributed by atoms with Crippen LogP contribution >= 0.6 is 11.6 Å². The fourth-order valence-electron chi connectivity index (χ4n) is 2.90. The van der Waals surface area contributed by atoms with Crippen LogP contribution in [0.4, 0.5) is 11.4 Å². The Morgan fingerprint density at radius 2 is 1.85 bits per heavy atom. The first-order chi connectivity index (χ1) is 12.5. The van der Waals surface area contributed by atoms with E-state index in [0.717, 1.165) is 12.1 Å². The summed E-state index contributed by atoms with van der Waals surface area (Å²) < 4.78 is 0. The molecule has 0 radical (unpaired) electrons. The summed E-state index contributed by atoms with van der Waals surface area (Å²) in [6.07, 6.45) is 1.62. The van der Waals surface area contributed by atoms with E-state index in [1.165, 1.54) is 0 Å². The van der Waals surface area contributed by atoms with Crippen molar-refractivity contribution in [3.8, 4) is 0 Å². The van der Waals surface area contributed by atoms with Crippen LogP contribution in [0, 0.1) is 0 Å². The number of halogens is 1. The number of carbonyl (C=O) groups excluding carboxylic acids is 3. The van der Waals surface area contributed by atoms with Gasteiger partial charge in [-0.25, -0.2) is 0 Å². The summed E-state index contributed by atoms with van der Waals surface area (Å²) in [7, 11) is 0. The van der Waals surface area contributed by atoms with Gasteiger partial charge < -0.3 is 10.2 Å². The Morgan fingerprint density at radius 1 is 1.08 bits per heavy atom. The van der Waals surface area contributed by atoms with Crippen LogP contribution in [-0.2, 0) is 9.59 Å². The molecule has 26 heavy (non-hydrogen) atoms. The van der Waals surface area contributed by atoms with Crippen LogP contribution in [0.5, 0.6) is 0 Å². The van der Waals surface area contributed by atoms with Crippen molar-refractivity contribution in [1.82, 2.24) is 0 Å². The molecule has 2 aromatic rings. The van der Waals surface area contributed by atoms with Gasteiger partial charge in [0.15, 0.2) is 5.78 Å². The van der Waals surface area contributed by atoms with Crippen molar-refractivity contribution >= 4 is 40.6 Å². The molecule has 134 valence electrons. The molecule has 2 aromatic carbocycles. The van der Waals surface area contributed by atoms with Crippen LogP contribution in [0.3, 0.4) is 0 Å². The Labute approximate surface area is 156 Å². The van der Waals surface area contributed by atoms with E-state index in [2.05, 4.69) is 5.32 Å². The van der Waals surface area contributed by atoms with Crippen LogP contribution in [0.1, 0.15) is 36.0 Å². The quantitative estimate of drug-likeness (QED) is 0.779. The first kappa shape index (κ1) is 18.1. The van der Waals surface area contributed by atoms with E-state index in [4.69, 9.17) is 11.6 Å². The topological polar surface area (TPSA) is 66.5 Å². The Morgan fingerprint density at radius 3 is 2.54 bits per heavy atom. The average molecular weight is 371 g/mol. The number of amides is 2. The number of nitrogens with one attached hydrogen (secondary N) is 1. The zero-order valence-electron chi connectivity index (χ0n) is 14.2. The van der Waals surface area contributed by atoms with Gasteiger partial charge in [0.2, 0.25) is 11.8 Å². The third-order valence-electron chi connectivity index (χ3n) is 4.26. The highest BCUT2D eigenvalue weighted by atomic mass is 35.5.